The van der Waals surface area contributed by atoms with Crippen molar-refractivity contribution in [3.8, 4) is 0 Å². The van der Waals surface area contributed by atoms with Crippen LogP contribution in [0.1, 0.15) is 11.6 Å². The summed E-state index contributed by atoms with van der Waals surface area (Å²) in [5.41, 5.74) is -0.371. The maximum atomic E-state index is 12.6. The molecule has 0 heterocycles. The third kappa shape index (κ3) is 4.31. The van der Waals surface area contributed by atoms with Gasteiger partial charge in [-0.25, -0.2) is 12.8 Å². The molecule has 0 saturated carbocycles. The van der Waals surface area contributed by atoms with E-state index in [1.54, 1.807) is 0 Å². The first kappa shape index (κ1) is 13.9. The molecule has 1 unspecified atom stereocenters. The number of hydrogen-bond acceptors (Lipinski definition) is 2. The predicted octanol–water partition coefficient (Wildman–Crippen LogP) is 1.98. The second kappa shape index (κ2) is 4.61. The number of halogens is 4. The van der Waals surface area contributed by atoms with Crippen molar-refractivity contribution in [3.63, 3.8) is 0 Å². The molecule has 0 aliphatic carbocycles. The molecule has 0 fully saturated rings. The van der Waals surface area contributed by atoms with Crippen molar-refractivity contribution in [1.29, 1.82) is 0 Å². The second-order valence-corrected chi connectivity index (χ2v) is 5.20. The minimum absolute atomic E-state index is 0.371. The van der Waals surface area contributed by atoms with Crippen LogP contribution in [0.3, 0.4) is 0 Å². The molecular formula is C9H9F4NO2S. The van der Waals surface area contributed by atoms with E-state index in [9.17, 15) is 26.0 Å². The zero-order valence-corrected chi connectivity index (χ0v) is 9.44. The standard InChI is InChI=1S/C9H9F4NO2S/c1-17(15,16)14-8(9(11,12)13)6-2-4-7(10)5-3-6/h2-5,8,14H,1H3. The van der Waals surface area contributed by atoms with Gasteiger partial charge in [-0.05, 0) is 17.7 Å². The highest BCUT2D eigenvalue weighted by Crippen LogP contribution is 2.33. The minimum atomic E-state index is -4.79. The SMILES string of the molecule is CS(=O)(=O)NC(c1ccc(F)cc1)C(F)(F)F. The van der Waals surface area contributed by atoms with Crippen LogP contribution in [0.15, 0.2) is 24.3 Å². The molecule has 0 radical (unpaired) electrons. The highest BCUT2D eigenvalue weighted by atomic mass is 32.2. The van der Waals surface area contributed by atoms with Crippen molar-refractivity contribution in [2.24, 2.45) is 0 Å². The van der Waals surface area contributed by atoms with E-state index >= 15 is 0 Å². The Morgan fingerprint density at radius 2 is 1.65 bits per heavy atom. The summed E-state index contributed by atoms with van der Waals surface area (Å²) in [6.07, 6.45) is -4.17. The van der Waals surface area contributed by atoms with Crippen LogP contribution in [0, 0.1) is 5.82 Å². The highest BCUT2D eigenvalue weighted by Gasteiger charge is 2.42. The number of alkyl halides is 3. The summed E-state index contributed by atoms with van der Waals surface area (Å²) in [5, 5.41) is 0. The first-order valence-corrected chi connectivity index (χ1v) is 6.28. The van der Waals surface area contributed by atoms with Crippen LogP contribution in [0.2, 0.25) is 0 Å². The summed E-state index contributed by atoms with van der Waals surface area (Å²) in [6, 6.07) is 1.05. The lowest BCUT2D eigenvalue weighted by molar-refractivity contribution is -0.153. The van der Waals surface area contributed by atoms with Gasteiger partial charge in [-0.1, -0.05) is 12.1 Å². The Bertz CT molecular complexity index is 481. The predicted molar refractivity (Wildman–Crippen MR) is 53.2 cm³/mol. The van der Waals surface area contributed by atoms with Gasteiger partial charge in [0.1, 0.15) is 11.9 Å². The second-order valence-electron chi connectivity index (χ2n) is 3.42. The van der Waals surface area contributed by atoms with Gasteiger partial charge in [-0.2, -0.15) is 17.9 Å². The zero-order valence-electron chi connectivity index (χ0n) is 8.62. The maximum absolute atomic E-state index is 12.6. The van der Waals surface area contributed by atoms with Gasteiger partial charge in [0.25, 0.3) is 0 Å². The summed E-state index contributed by atoms with van der Waals surface area (Å²) in [4.78, 5) is 0. The average Bonchev–Trinajstić information content (AvgIpc) is 2.13. The topological polar surface area (TPSA) is 46.2 Å². The molecule has 17 heavy (non-hydrogen) atoms. The number of benzene rings is 1. The first-order valence-electron chi connectivity index (χ1n) is 4.39. The number of rotatable bonds is 3. The van der Waals surface area contributed by atoms with Crippen molar-refractivity contribution in [1.82, 2.24) is 4.72 Å². The molecule has 0 aliphatic rings. The van der Waals surface area contributed by atoms with Crippen LogP contribution in [-0.4, -0.2) is 20.8 Å². The summed E-state index contributed by atoms with van der Waals surface area (Å²) >= 11 is 0. The fourth-order valence-corrected chi connectivity index (χ4v) is 1.89. The quantitative estimate of drug-likeness (QED) is 0.854. The number of sulfonamides is 1. The van der Waals surface area contributed by atoms with E-state index in [1.807, 2.05) is 0 Å². The maximum Gasteiger partial charge on any atom is 0.408 e. The van der Waals surface area contributed by atoms with E-state index < -0.39 is 28.1 Å². The van der Waals surface area contributed by atoms with Gasteiger partial charge >= 0.3 is 6.18 Å². The van der Waals surface area contributed by atoms with E-state index in [0.29, 0.717) is 6.26 Å². The Kier molecular flexibility index (Phi) is 3.78. The lowest BCUT2D eigenvalue weighted by Gasteiger charge is -2.20. The zero-order chi connectivity index (χ0) is 13.3. The van der Waals surface area contributed by atoms with Crippen LogP contribution in [0.5, 0.6) is 0 Å². The van der Waals surface area contributed by atoms with Crippen molar-refractivity contribution < 1.29 is 26.0 Å². The van der Waals surface area contributed by atoms with E-state index in [2.05, 4.69) is 0 Å². The number of nitrogens with one attached hydrogen (secondary N) is 1. The molecule has 0 aromatic heterocycles. The molecule has 0 saturated heterocycles. The van der Waals surface area contributed by atoms with E-state index in [-0.39, 0.29) is 5.56 Å². The van der Waals surface area contributed by atoms with Gasteiger partial charge in [0.2, 0.25) is 10.0 Å². The fourth-order valence-electron chi connectivity index (χ4n) is 1.19. The molecule has 3 nitrogen and oxygen atoms in total. The largest absolute Gasteiger partial charge is 0.408 e. The molecule has 0 bridgehead atoms. The van der Waals surface area contributed by atoms with Crippen LogP contribution >= 0.6 is 0 Å². The fraction of sp³-hybridized carbons (Fsp3) is 0.333. The monoisotopic (exact) mass is 271 g/mol. The summed E-state index contributed by atoms with van der Waals surface area (Å²) in [5.74, 6) is -0.700. The van der Waals surface area contributed by atoms with Gasteiger partial charge in [-0.3, -0.25) is 0 Å². The Hall–Kier alpha value is -1.15. The van der Waals surface area contributed by atoms with Crippen LogP contribution in [0.25, 0.3) is 0 Å². The first-order chi connectivity index (χ1) is 7.59. The van der Waals surface area contributed by atoms with Gasteiger partial charge in [0.05, 0.1) is 6.26 Å². The third-order valence-electron chi connectivity index (χ3n) is 1.86. The van der Waals surface area contributed by atoms with Gasteiger partial charge < -0.3 is 0 Å². The lowest BCUT2D eigenvalue weighted by atomic mass is 10.1. The summed E-state index contributed by atoms with van der Waals surface area (Å²) < 4.78 is 73.6. The van der Waals surface area contributed by atoms with E-state index in [0.717, 1.165) is 24.3 Å². The third-order valence-corrected chi connectivity index (χ3v) is 2.53. The van der Waals surface area contributed by atoms with Crippen molar-refractivity contribution in [3.05, 3.63) is 35.6 Å². The van der Waals surface area contributed by atoms with Crippen LogP contribution in [-0.2, 0) is 10.0 Å². The summed E-state index contributed by atoms with van der Waals surface area (Å²) in [6.45, 7) is 0. The molecule has 0 spiro atoms. The van der Waals surface area contributed by atoms with Gasteiger partial charge in [0, 0.05) is 0 Å². The molecule has 1 rings (SSSR count). The molecule has 1 aromatic carbocycles. The van der Waals surface area contributed by atoms with Crippen molar-refractivity contribution >= 4 is 10.0 Å². The molecule has 0 aliphatic heterocycles. The van der Waals surface area contributed by atoms with Crippen molar-refractivity contribution in [2.45, 2.75) is 12.2 Å². The number of hydrogen-bond donors (Lipinski definition) is 1. The molecular weight excluding hydrogens is 262 g/mol. The smallest absolute Gasteiger partial charge is 0.213 e. The van der Waals surface area contributed by atoms with Gasteiger partial charge in [0.15, 0.2) is 0 Å². The molecule has 1 aromatic rings. The van der Waals surface area contributed by atoms with Gasteiger partial charge in [-0.15, -0.1) is 0 Å². The Balaban J connectivity index is 3.12. The Labute approximate surface area is 95.5 Å². The molecule has 8 heteroatoms. The molecule has 0 amide bonds. The van der Waals surface area contributed by atoms with E-state index in [1.165, 1.54) is 4.72 Å². The van der Waals surface area contributed by atoms with Crippen LogP contribution in [0.4, 0.5) is 17.6 Å². The molecule has 1 N–H and O–H groups in total. The van der Waals surface area contributed by atoms with Crippen molar-refractivity contribution in [2.75, 3.05) is 6.26 Å². The Morgan fingerprint density at radius 3 is 2.00 bits per heavy atom. The molecule has 96 valence electrons. The van der Waals surface area contributed by atoms with E-state index in [4.69, 9.17) is 0 Å². The minimum Gasteiger partial charge on any atom is -0.213 e. The normalized spacial score (nSPS) is 14.6. The molecule has 1 atom stereocenters. The summed E-state index contributed by atoms with van der Waals surface area (Å²) in [7, 11) is -4.03. The Morgan fingerprint density at radius 1 is 1.18 bits per heavy atom. The lowest BCUT2D eigenvalue weighted by Crippen LogP contribution is -2.37. The van der Waals surface area contributed by atoms with Crippen LogP contribution < -0.4 is 4.72 Å². The highest BCUT2D eigenvalue weighted by molar-refractivity contribution is 7.88. The average molecular weight is 271 g/mol.